The first-order valence-corrected chi connectivity index (χ1v) is 9.05. The summed E-state index contributed by atoms with van der Waals surface area (Å²) in [6.45, 7) is 7.71. The molecular weight excluding hydrogens is 310 g/mol. The Morgan fingerprint density at radius 2 is 2.12 bits per heavy atom. The number of fused-ring (bicyclic) bond motifs is 1. The first-order valence-electron chi connectivity index (χ1n) is 9.05. The van der Waals surface area contributed by atoms with Gasteiger partial charge in [-0.1, -0.05) is 31.2 Å². The topological polar surface area (TPSA) is 37.7 Å². The van der Waals surface area contributed by atoms with Crippen molar-refractivity contribution in [2.75, 3.05) is 33.4 Å². The Morgan fingerprint density at radius 3 is 2.84 bits per heavy atom. The molecule has 0 aliphatic carbocycles. The number of pyridine rings is 1. The van der Waals surface area contributed by atoms with Gasteiger partial charge in [-0.3, -0.25) is 14.9 Å². The summed E-state index contributed by atoms with van der Waals surface area (Å²) in [7, 11) is 1.89. The fraction of sp³-hybridized carbons (Fsp3) is 0.429. The molecule has 1 fully saturated rings. The lowest BCUT2D eigenvalue weighted by atomic mass is 9.93. The lowest BCUT2D eigenvalue weighted by Gasteiger charge is -2.35. The number of allylic oxidation sites excluding steroid dienone is 1. The van der Waals surface area contributed by atoms with Crippen LogP contribution in [0.15, 0.2) is 47.6 Å². The van der Waals surface area contributed by atoms with Gasteiger partial charge < -0.3 is 4.74 Å². The van der Waals surface area contributed by atoms with E-state index in [4.69, 9.17) is 4.74 Å². The maximum Gasteiger partial charge on any atom is 0.0776 e. The average Bonchev–Trinajstić information content (AvgIpc) is 2.67. The van der Waals surface area contributed by atoms with Crippen LogP contribution in [-0.2, 0) is 4.74 Å². The fourth-order valence-corrected chi connectivity index (χ4v) is 3.51. The lowest BCUT2D eigenvalue weighted by molar-refractivity contribution is 0.0287. The SMILES string of the molecule is CC/C=C\C(=NC)C(c1ccc2cccnc2c1C)N1CCOCC1. The highest BCUT2D eigenvalue weighted by molar-refractivity contribution is 6.00. The Morgan fingerprint density at radius 1 is 1.32 bits per heavy atom. The van der Waals surface area contributed by atoms with E-state index < -0.39 is 0 Å². The molecule has 1 aromatic heterocycles. The third-order valence-corrected chi connectivity index (χ3v) is 4.84. The second-order valence-corrected chi connectivity index (χ2v) is 6.36. The Kier molecular flexibility index (Phi) is 5.95. The zero-order chi connectivity index (χ0) is 17.6. The van der Waals surface area contributed by atoms with Gasteiger partial charge in [0.05, 0.1) is 30.5 Å². The van der Waals surface area contributed by atoms with E-state index in [2.05, 4.69) is 59.1 Å². The van der Waals surface area contributed by atoms with Crippen molar-refractivity contribution in [2.45, 2.75) is 26.3 Å². The van der Waals surface area contributed by atoms with Crippen molar-refractivity contribution in [3.05, 3.63) is 53.7 Å². The Bertz CT molecular complexity index is 776. The molecule has 3 rings (SSSR count). The molecule has 1 aromatic carbocycles. The van der Waals surface area contributed by atoms with E-state index in [0.29, 0.717) is 0 Å². The molecule has 4 nitrogen and oxygen atoms in total. The third-order valence-electron chi connectivity index (χ3n) is 4.84. The minimum atomic E-state index is 0.142. The lowest BCUT2D eigenvalue weighted by Crippen LogP contribution is -2.42. The number of aryl methyl sites for hydroxylation is 1. The van der Waals surface area contributed by atoms with Crippen LogP contribution in [0.3, 0.4) is 0 Å². The second kappa shape index (κ2) is 8.37. The molecule has 2 heterocycles. The molecule has 0 saturated carbocycles. The molecule has 0 N–H and O–H groups in total. The molecule has 132 valence electrons. The molecule has 1 aliphatic heterocycles. The molecule has 0 bridgehead atoms. The number of ether oxygens (including phenoxy) is 1. The van der Waals surface area contributed by atoms with Crippen LogP contribution in [-0.4, -0.2) is 48.9 Å². The maximum atomic E-state index is 5.57. The van der Waals surface area contributed by atoms with E-state index in [0.717, 1.165) is 44.0 Å². The monoisotopic (exact) mass is 337 g/mol. The van der Waals surface area contributed by atoms with E-state index in [1.807, 2.05) is 19.3 Å². The average molecular weight is 337 g/mol. The summed E-state index contributed by atoms with van der Waals surface area (Å²) in [4.78, 5) is 11.7. The molecule has 4 heteroatoms. The Labute approximate surface area is 150 Å². The number of nitrogens with zero attached hydrogens (tertiary/aromatic N) is 3. The van der Waals surface area contributed by atoms with Crippen molar-refractivity contribution in [3.63, 3.8) is 0 Å². The number of morpholine rings is 1. The zero-order valence-electron chi connectivity index (χ0n) is 15.4. The van der Waals surface area contributed by atoms with E-state index in [9.17, 15) is 0 Å². The normalized spacial score (nSPS) is 18.1. The third kappa shape index (κ3) is 3.80. The minimum Gasteiger partial charge on any atom is -0.379 e. The molecule has 25 heavy (non-hydrogen) atoms. The van der Waals surface area contributed by atoms with E-state index in [-0.39, 0.29) is 6.04 Å². The van der Waals surface area contributed by atoms with Gasteiger partial charge in [-0.25, -0.2) is 0 Å². The summed E-state index contributed by atoms with van der Waals surface area (Å²) < 4.78 is 5.57. The van der Waals surface area contributed by atoms with Gasteiger partial charge in [0.1, 0.15) is 0 Å². The summed E-state index contributed by atoms with van der Waals surface area (Å²) >= 11 is 0. The van der Waals surface area contributed by atoms with Crippen molar-refractivity contribution < 1.29 is 4.74 Å². The second-order valence-electron chi connectivity index (χ2n) is 6.36. The molecule has 0 amide bonds. The highest BCUT2D eigenvalue weighted by Crippen LogP contribution is 2.30. The minimum absolute atomic E-state index is 0.142. The quantitative estimate of drug-likeness (QED) is 0.775. The number of hydrogen-bond donors (Lipinski definition) is 0. The summed E-state index contributed by atoms with van der Waals surface area (Å²) in [5.74, 6) is 0. The largest absolute Gasteiger partial charge is 0.379 e. The van der Waals surface area contributed by atoms with Crippen LogP contribution < -0.4 is 0 Å². The van der Waals surface area contributed by atoms with Crippen molar-refractivity contribution >= 4 is 16.6 Å². The summed E-state index contributed by atoms with van der Waals surface area (Å²) in [6, 6.07) is 8.67. The van der Waals surface area contributed by atoms with Crippen molar-refractivity contribution in [1.82, 2.24) is 9.88 Å². The highest BCUT2D eigenvalue weighted by Gasteiger charge is 2.27. The maximum absolute atomic E-state index is 5.57. The predicted molar refractivity (Wildman–Crippen MR) is 104 cm³/mol. The van der Waals surface area contributed by atoms with Crippen molar-refractivity contribution in [2.24, 2.45) is 4.99 Å². The number of benzene rings is 1. The van der Waals surface area contributed by atoms with Crippen LogP contribution in [0, 0.1) is 6.92 Å². The first-order chi connectivity index (χ1) is 12.3. The van der Waals surface area contributed by atoms with Crippen LogP contribution in [0.4, 0.5) is 0 Å². The first kappa shape index (κ1) is 17.8. The van der Waals surface area contributed by atoms with E-state index >= 15 is 0 Å². The number of rotatable bonds is 5. The van der Waals surface area contributed by atoms with Gasteiger partial charge in [0.25, 0.3) is 0 Å². The van der Waals surface area contributed by atoms with Crippen LogP contribution in [0.2, 0.25) is 0 Å². The van der Waals surface area contributed by atoms with Crippen molar-refractivity contribution in [1.29, 1.82) is 0 Å². The van der Waals surface area contributed by atoms with Gasteiger partial charge in [-0.05, 0) is 36.6 Å². The van der Waals surface area contributed by atoms with Crippen LogP contribution in [0.5, 0.6) is 0 Å². The predicted octanol–water partition coefficient (Wildman–Crippen LogP) is 3.95. The summed E-state index contributed by atoms with van der Waals surface area (Å²) in [6.07, 6.45) is 7.23. The smallest absolute Gasteiger partial charge is 0.0776 e. The summed E-state index contributed by atoms with van der Waals surface area (Å²) in [5, 5.41) is 1.18. The van der Waals surface area contributed by atoms with Crippen LogP contribution >= 0.6 is 0 Å². The van der Waals surface area contributed by atoms with Crippen LogP contribution in [0.1, 0.15) is 30.5 Å². The standard InChI is InChI=1S/C21H27N3O/c1-4-5-8-19(22-3)21(24-12-14-25-15-13-24)18-10-9-17-7-6-11-23-20(17)16(18)2/h5-11,21H,4,12-15H2,1-3H3/b8-5-,22-19?. The molecule has 1 aliphatic rings. The molecule has 0 spiro atoms. The summed E-state index contributed by atoms with van der Waals surface area (Å²) in [5.41, 5.74) is 4.70. The van der Waals surface area contributed by atoms with Gasteiger partial charge in [-0.2, -0.15) is 0 Å². The molecule has 2 aromatic rings. The van der Waals surface area contributed by atoms with E-state index in [1.165, 1.54) is 16.5 Å². The van der Waals surface area contributed by atoms with Crippen molar-refractivity contribution in [3.8, 4) is 0 Å². The zero-order valence-corrected chi connectivity index (χ0v) is 15.4. The van der Waals surface area contributed by atoms with Crippen LogP contribution in [0.25, 0.3) is 10.9 Å². The fourth-order valence-electron chi connectivity index (χ4n) is 3.51. The number of hydrogen-bond acceptors (Lipinski definition) is 4. The Hall–Kier alpha value is -2.04. The highest BCUT2D eigenvalue weighted by atomic mass is 16.5. The van der Waals surface area contributed by atoms with Gasteiger partial charge in [0.15, 0.2) is 0 Å². The molecule has 1 atom stereocenters. The molecule has 1 saturated heterocycles. The van der Waals surface area contributed by atoms with Gasteiger partial charge in [-0.15, -0.1) is 0 Å². The van der Waals surface area contributed by atoms with Gasteiger partial charge in [0.2, 0.25) is 0 Å². The number of aromatic nitrogens is 1. The Balaban J connectivity index is 2.10. The molecular formula is C21H27N3O. The number of aliphatic imine (C=N–C) groups is 1. The van der Waals surface area contributed by atoms with Gasteiger partial charge in [0, 0.05) is 31.7 Å². The molecule has 0 radical (unpaired) electrons. The van der Waals surface area contributed by atoms with E-state index in [1.54, 1.807) is 0 Å². The molecule has 1 unspecified atom stereocenters. The van der Waals surface area contributed by atoms with Gasteiger partial charge >= 0.3 is 0 Å².